The highest BCUT2D eigenvalue weighted by Crippen LogP contribution is 2.50. The first kappa shape index (κ1) is 16.2. The molecule has 2 fully saturated rings. The number of nitrogens with zero attached hydrogens (tertiary/aromatic N) is 2. The molecule has 8 heteroatoms. The molecule has 122 valence electrons. The van der Waals surface area contributed by atoms with Crippen molar-refractivity contribution in [2.75, 3.05) is 13.1 Å². The monoisotopic (exact) mass is 354 g/mol. The predicted octanol–water partition coefficient (Wildman–Crippen LogP) is 2.09. The maximum absolute atomic E-state index is 12.9. The van der Waals surface area contributed by atoms with Crippen LogP contribution in [0, 0.1) is 22.7 Å². The Morgan fingerprint density at radius 1 is 1.48 bits per heavy atom. The summed E-state index contributed by atoms with van der Waals surface area (Å²) >= 11 is 6.00. The highest BCUT2D eigenvalue weighted by atomic mass is 35.5. The van der Waals surface area contributed by atoms with Crippen LogP contribution in [0.5, 0.6) is 0 Å². The lowest BCUT2D eigenvalue weighted by molar-refractivity contribution is -0.149. The van der Waals surface area contributed by atoms with Crippen LogP contribution in [0.1, 0.15) is 24.8 Å². The summed E-state index contributed by atoms with van der Waals surface area (Å²) < 4.78 is 26.9. The number of benzene rings is 1. The molecule has 2 atom stereocenters. The Bertz CT molecular complexity index is 817. The highest BCUT2D eigenvalue weighted by molar-refractivity contribution is 7.89. The Balaban J connectivity index is 2.00. The van der Waals surface area contributed by atoms with Gasteiger partial charge in [0.05, 0.1) is 22.1 Å². The average molecular weight is 355 g/mol. The number of nitriles is 1. The van der Waals surface area contributed by atoms with Gasteiger partial charge in [0, 0.05) is 13.1 Å². The fourth-order valence-electron chi connectivity index (χ4n) is 3.69. The third kappa shape index (κ3) is 2.42. The van der Waals surface area contributed by atoms with Crippen molar-refractivity contribution in [3.8, 4) is 6.07 Å². The zero-order valence-electron chi connectivity index (χ0n) is 12.2. The van der Waals surface area contributed by atoms with Gasteiger partial charge in [-0.2, -0.15) is 9.57 Å². The summed E-state index contributed by atoms with van der Waals surface area (Å²) in [5.41, 5.74) is -0.799. The number of carbonyl (C=O) groups is 1. The molecule has 0 spiro atoms. The third-order valence-electron chi connectivity index (χ3n) is 4.94. The Hall–Kier alpha value is -1.62. The van der Waals surface area contributed by atoms with E-state index < -0.39 is 21.4 Å². The van der Waals surface area contributed by atoms with Crippen molar-refractivity contribution >= 4 is 27.6 Å². The molecular formula is C15H15ClN2O4S. The lowest BCUT2D eigenvalue weighted by Gasteiger charge is -2.23. The normalized spacial score (nSPS) is 27.6. The van der Waals surface area contributed by atoms with Crippen LogP contribution < -0.4 is 0 Å². The van der Waals surface area contributed by atoms with Gasteiger partial charge < -0.3 is 5.11 Å². The molecule has 1 aliphatic heterocycles. The van der Waals surface area contributed by atoms with E-state index in [0.717, 1.165) is 6.42 Å². The lowest BCUT2D eigenvalue weighted by Crippen LogP contribution is -2.37. The van der Waals surface area contributed by atoms with E-state index in [-0.39, 0.29) is 34.5 Å². The molecule has 1 saturated carbocycles. The van der Waals surface area contributed by atoms with Crippen molar-refractivity contribution < 1.29 is 18.3 Å². The van der Waals surface area contributed by atoms with Crippen LogP contribution in [0.3, 0.4) is 0 Å². The van der Waals surface area contributed by atoms with Gasteiger partial charge in [0.2, 0.25) is 10.0 Å². The molecule has 0 aromatic heterocycles. The van der Waals surface area contributed by atoms with Crippen molar-refractivity contribution in [1.29, 1.82) is 5.26 Å². The van der Waals surface area contributed by atoms with Gasteiger partial charge in [-0.05, 0) is 37.0 Å². The molecule has 2 aliphatic rings. The Morgan fingerprint density at radius 2 is 2.22 bits per heavy atom. The molecule has 1 saturated heterocycles. The molecule has 0 bridgehead atoms. The molecule has 23 heavy (non-hydrogen) atoms. The van der Waals surface area contributed by atoms with Crippen molar-refractivity contribution in [3.05, 3.63) is 28.8 Å². The second-order valence-electron chi connectivity index (χ2n) is 6.11. The molecule has 1 aliphatic carbocycles. The number of carboxylic acids is 1. The quantitative estimate of drug-likeness (QED) is 0.896. The Labute approximate surface area is 139 Å². The second kappa shape index (κ2) is 5.48. The van der Waals surface area contributed by atoms with Gasteiger partial charge in [-0.3, -0.25) is 4.79 Å². The van der Waals surface area contributed by atoms with Crippen molar-refractivity contribution in [1.82, 2.24) is 4.31 Å². The van der Waals surface area contributed by atoms with Crippen LogP contribution in [0.4, 0.5) is 0 Å². The van der Waals surface area contributed by atoms with Gasteiger partial charge in [-0.15, -0.1) is 0 Å². The predicted molar refractivity (Wildman–Crippen MR) is 82.3 cm³/mol. The number of fused-ring (bicyclic) bond motifs is 1. The van der Waals surface area contributed by atoms with Crippen LogP contribution in [-0.4, -0.2) is 36.9 Å². The third-order valence-corrected chi connectivity index (χ3v) is 7.24. The zero-order chi connectivity index (χ0) is 16.8. The first-order valence-corrected chi connectivity index (χ1v) is 9.06. The molecule has 0 radical (unpaired) electrons. The van der Waals surface area contributed by atoms with Crippen molar-refractivity contribution in [3.63, 3.8) is 0 Å². The largest absolute Gasteiger partial charge is 0.481 e. The molecule has 0 unspecified atom stereocenters. The number of carboxylic acid groups (broad SMARTS) is 1. The standard InChI is InChI=1S/C15H15ClN2O4S/c16-12-4-3-10(7-17)6-13(12)23(21,22)18-8-11-2-1-5-15(11,9-18)14(19)20/h3-4,6,11H,1-2,5,8-9H2,(H,19,20)/t11-,15+/m0/s1. The Kier molecular flexibility index (Phi) is 3.87. The topological polar surface area (TPSA) is 98.5 Å². The minimum atomic E-state index is -3.93. The second-order valence-corrected chi connectivity index (χ2v) is 8.42. The smallest absolute Gasteiger partial charge is 0.311 e. The first-order valence-electron chi connectivity index (χ1n) is 7.24. The van der Waals surface area contributed by atoms with Gasteiger partial charge in [0.25, 0.3) is 0 Å². The van der Waals surface area contributed by atoms with Crippen LogP contribution >= 0.6 is 11.6 Å². The highest BCUT2D eigenvalue weighted by Gasteiger charge is 2.57. The van der Waals surface area contributed by atoms with Gasteiger partial charge in [-0.25, -0.2) is 8.42 Å². The molecule has 3 rings (SSSR count). The molecular weight excluding hydrogens is 340 g/mol. The van der Waals surface area contributed by atoms with Crippen molar-refractivity contribution in [2.45, 2.75) is 24.2 Å². The summed E-state index contributed by atoms with van der Waals surface area (Å²) in [5.74, 6) is -1.11. The number of halogens is 1. The summed E-state index contributed by atoms with van der Waals surface area (Å²) in [6.07, 6.45) is 2.00. The first-order chi connectivity index (χ1) is 10.8. The lowest BCUT2D eigenvalue weighted by atomic mass is 9.81. The van der Waals surface area contributed by atoms with Crippen LogP contribution in [-0.2, 0) is 14.8 Å². The van der Waals surface area contributed by atoms with E-state index in [1.54, 1.807) is 0 Å². The summed E-state index contributed by atoms with van der Waals surface area (Å²) in [7, 11) is -3.93. The maximum Gasteiger partial charge on any atom is 0.311 e. The molecule has 1 heterocycles. The summed E-state index contributed by atoms with van der Waals surface area (Å²) in [6, 6.07) is 5.94. The average Bonchev–Trinajstić information content (AvgIpc) is 3.05. The van der Waals surface area contributed by atoms with E-state index in [9.17, 15) is 18.3 Å². The van der Waals surface area contributed by atoms with Gasteiger partial charge in [0.1, 0.15) is 4.90 Å². The summed E-state index contributed by atoms with van der Waals surface area (Å²) in [4.78, 5) is 11.6. The van der Waals surface area contributed by atoms with Crippen molar-refractivity contribution in [2.24, 2.45) is 11.3 Å². The van der Waals surface area contributed by atoms with Gasteiger partial charge in [-0.1, -0.05) is 18.0 Å². The maximum atomic E-state index is 12.9. The minimum Gasteiger partial charge on any atom is -0.481 e. The summed E-state index contributed by atoms with van der Waals surface area (Å²) in [6.45, 7) is 0.143. The van der Waals surface area contributed by atoms with E-state index in [1.165, 1.54) is 22.5 Å². The number of hydrogen-bond acceptors (Lipinski definition) is 4. The van der Waals surface area contributed by atoms with Crippen LogP contribution in [0.25, 0.3) is 0 Å². The molecule has 1 N–H and O–H groups in total. The van der Waals surface area contributed by atoms with Gasteiger partial charge >= 0.3 is 5.97 Å². The molecule has 6 nitrogen and oxygen atoms in total. The zero-order valence-corrected chi connectivity index (χ0v) is 13.8. The fraction of sp³-hybridized carbons (Fsp3) is 0.467. The minimum absolute atomic E-state index is 0.0328. The molecule has 1 aromatic rings. The van der Waals surface area contributed by atoms with Gasteiger partial charge in [0.15, 0.2) is 0 Å². The summed E-state index contributed by atoms with van der Waals surface area (Å²) in [5, 5.41) is 18.6. The molecule has 0 amide bonds. The van der Waals surface area contributed by atoms with Crippen LogP contribution in [0.2, 0.25) is 5.02 Å². The number of aliphatic carboxylic acids is 1. The van der Waals surface area contributed by atoms with E-state index >= 15 is 0 Å². The fourth-order valence-corrected chi connectivity index (χ4v) is 5.74. The SMILES string of the molecule is N#Cc1ccc(Cl)c(S(=O)(=O)N2C[C@@H]3CCC[C@@]3(C(=O)O)C2)c1. The number of rotatable bonds is 3. The van der Waals surface area contributed by atoms with E-state index in [4.69, 9.17) is 16.9 Å². The molecule has 1 aromatic carbocycles. The van der Waals surface area contributed by atoms with E-state index in [0.29, 0.717) is 12.8 Å². The number of hydrogen-bond donors (Lipinski definition) is 1. The number of sulfonamides is 1. The Morgan fingerprint density at radius 3 is 2.83 bits per heavy atom. The van der Waals surface area contributed by atoms with E-state index in [2.05, 4.69) is 0 Å². The van der Waals surface area contributed by atoms with Crippen LogP contribution in [0.15, 0.2) is 23.1 Å². The van der Waals surface area contributed by atoms with E-state index in [1.807, 2.05) is 6.07 Å².